The van der Waals surface area contributed by atoms with Gasteiger partial charge in [-0.25, -0.2) is 9.59 Å². The maximum atomic E-state index is 12.5. The van der Waals surface area contributed by atoms with Gasteiger partial charge >= 0.3 is 12.1 Å². The number of nitrogens with two attached hydrogens (primary N) is 1. The molecule has 0 aliphatic carbocycles. The molecule has 6 amide bonds. The lowest BCUT2D eigenvalue weighted by Gasteiger charge is -2.30. The first-order valence-corrected chi connectivity index (χ1v) is 7.43. The molecule has 1 atom stereocenters. The molecule has 2 aliphatic rings. The molecule has 1 fully saturated rings. The zero-order valence-corrected chi connectivity index (χ0v) is 13.1. The number of rotatable bonds is 4. The quantitative estimate of drug-likeness (QED) is 0.546. The number of hydrogen-bond acceptors (Lipinski definition) is 4. The lowest BCUT2D eigenvalue weighted by Crippen LogP contribution is -2.61. The number of nitrogens with zero attached hydrogens (tertiary/aromatic N) is 1. The van der Waals surface area contributed by atoms with Gasteiger partial charge in [0, 0.05) is 17.1 Å². The number of imide groups is 1. The third-order valence-corrected chi connectivity index (χ3v) is 4.23. The summed E-state index contributed by atoms with van der Waals surface area (Å²) in [5.41, 5.74) is 4.78. The van der Waals surface area contributed by atoms with Crippen molar-refractivity contribution in [3.05, 3.63) is 34.3 Å². The van der Waals surface area contributed by atoms with Gasteiger partial charge in [-0.1, -0.05) is 17.7 Å². The van der Waals surface area contributed by atoms with Crippen molar-refractivity contribution < 1.29 is 19.2 Å². The van der Waals surface area contributed by atoms with Crippen LogP contribution in [0.15, 0.2) is 18.2 Å². The highest BCUT2D eigenvalue weighted by molar-refractivity contribution is 6.31. The third kappa shape index (κ3) is 2.73. The largest absolute Gasteiger partial charge is 0.352 e. The Morgan fingerprint density at radius 2 is 2.12 bits per heavy atom. The summed E-state index contributed by atoms with van der Waals surface area (Å²) in [5, 5.41) is 7.31. The minimum Gasteiger partial charge on any atom is -0.352 e. The molecule has 2 heterocycles. The standard InChI is InChI=1S/C14H14ClN5O4/c15-8-2-1-7-4-20(10(21)9(7)3-8)6-14(5-17-12(16)23)11(22)18-13(24)19-14/h1-3H,4-6H2,(H3,16,17,23)(H2,18,19,22,24). The molecule has 2 aliphatic heterocycles. The number of carbonyl (C=O) groups is 4. The fraction of sp³-hybridized carbons (Fsp3) is 0.286. The van der Waals surface area contributed by atoms with Gasteiger partial charge < -0.3 is 21.3 Å². The fourth-order valence-electron chi connectivity index (χ4n) is 2.84. The molecule has 1 saturated heterocycles. The highest BCUT2D eigenvalue weighted by Crippen LogP contribution is 2.27. The summed E-state index contributed by atoms with van der Waals surface area (Å²) in [7, 11) is 0. The zero-order valence-electron chi connectivity index (χ0n) is 12.4. The summed E-state index contributed by atoms with van der Waals surface area (Å²) in [4.78, 5) is 48.6. The molecule has 0 saturated carbocycles. The summed E-state index contributed by atoms with van der Waals surface area (Å²) in [6.45, 7) is -0.0798. The second kappa shape index (κ2) is 5.68. The van der Waals surface area contributed by atoms with Crippen LogP contribution in [0.2, 0.25) is 5.02 Å². The van der Waals surface area contributed by atoms with Crippen LogP contribution in [0.5, 0.6) is 0 Å². The Kier molecular flexibility index (Phi) is 3.80. The molecule has 0 spiro atoms. The number of amides is 6. The van der Waals surface area contributed by atoms with E-state index in [0.717, 1.165) is 5.56 Å². The van der Waals surface area contributed by atoms with Gasteiger partial charge in [-0.2, -0.15) is 0 Å². The zero-order chi connectivity index (χ0) is 17.5. The number of urea groups is 2. The van der Waals surface area contributed by atoms with Crippen LogP contribution >= 0.6 is 11.6 Å². The van der Waals surface area contributed by atoms with Crippen LogP contribution in [0.4, 0.5) is 9.59 Å². The maximum absolute atomic E-state index is 12.5. The third-order valence-electron chi connectivity index (χ3n) is 3.99. The van der Waals surface area contributed by atoms with E-state index in [1.165, 1.54) is 4.90 Å². The summed E-state index contributed by atoms with van der Waals surface area (Å²) in [6.07, 6.45) is 0. The summed E-state index contributed by atoms with van der Waals surface area (Å²) < 4.78 is 0. The van der Waals surface area contributed by atoms with Crippen LogP contribution in [0.1, 0.15) is 15.9 Å². The first-order valence-electron chi connectivity index (χ1n) is 7.05. The number of fused-ring (bicyclic) bond motifs is 1. The molecule has 24 heavy (non-hydrogen) atoms. The topological polar surface area (TPSA) is 134 Å². The molecule has 5 N–H and O–H groups in total. The average molecular weight is 352 g/mol. The second-order valence-corrected chi connectivity index (χ2v) is 6.11. The maximum Gasteiger partial charge on any atom is 0.322 e. The predicted molar refractivity (Wildman–Crippen MR) is 83.2 cm³/mol. The Balaban J connectivity index is 1.84. The number of hydrogen-bond donors (Lipinski definition) is 4. The van der Waals surface area contributed by atoms with E-state index >= 15 is 0 Å². The molecule has 1 aromatic carbocycles. The van der Waals surface area contributed by atoms with Gasteiger partial charge in [0.05, 0.1) is 13.1 Å². The SMILES string of the molecule is NC(=O)NCC1(CN2Cc3ccc(Cl)cc3C2=O)NC(=O)NC1=O. The van der Waals surface area contributed by atoms with Crippen molar-refractivity contribution in [3.8, 4) is 0 Å². The highest BCUT2D eigenvalue weighted by Gasteiger charge is 2.49. The van der Waals surface area contributed by atoms with Gasteiger partial charge in [0.1, 0.15) is 0 Å². The Bertz CT molecular complexity index is 768. The van der Waals surface area contributed by atoms with E-state index in [-0.39, 0.29) is 25.5 Å². The van der Waals surface area contributed by atoms with Gasteiger partial charge in [0.2, 0.25) is 0 Å². The predicted octanol–water partition coefficient (Wildman–Crippen LogP) is -0.458. The molecular formula is C14H14ClN5O4. The minimum atomic E-state index is -1.48. The van der Waals surface area contributed by atoms with Crippen molar-refractivity contribution >= 4 is 35.5 Å². The van der Waals surface area contributed by atoms with Crippen LogP contribution in [-0.2, 0) is 11.3 Å². The van der Waals surface area contributed by atoms with E-state index in [1.807, 2.05) is 0 Å². The number of halogens is 1. The Morgan fingerprint density at radius 1 is 1.38 bits per heavy atom. The van der Waals surface area contributed by atoms with Gasteiger partial charge in [-0.3, -0.25) is 14.9 Å². The van der Waals surface area contributed by atoms with E-state index in [2.05, 4.69) is 16.0 Å². The first kappa shape index (κ1) is 16.1. The van der Waals surface area contributed by atoms with E-state index in [0.29, 0.717) is 10.6 Å². The second-order valence-electron chi connectivity index (χ2n) is 5.67. The van der Waals surface area contributed by atoms with Gasteiger partial charge in [-0.15, -0.1) is 0 Å². The summed E-state index contributed by atoms with van der Waals surface area (Å²) in [5.74, 6) is -0.942. The normalized spacial score (nSPS) is 22.2. The summed E-state index contributed by atoms with van der Waals surface area (Å²) in [6, 6.07) is 3.42. The molecule has 1 aromatic rings. The number of carbonyl (C=O) groups excluding carboxylic acids is 4. The van der Waals surface area contributed by atoms with E-state index in [9.17, 15) is 19.2 Å². The van der Waals surface area contributed by atoms with E-state index in [1.54, 1.807) is 18.2 Å². The highest BCUT2D eigenvalue weighted by atomic mass is 35.5. The molecule has 9 nitrogen and oxygen atoms in total. The average Bonchev–Trinajstić information content (AvgIpc) is 2.95. The Morgan fingerprint density at radius 3 is 2.75 bits per heavy atom. The molecule has 0 radical (unpaired) electrons. The monoisotopic (exact) mass is 351 g/mol. The molecule has 0 bridgehead atoms. The molecule has 0 aromatic heterocycles. The van der Waals surface area contributed by atoms with Gasteiger partial charge in [-0.05, 0) is 17.7 Å². The van der Waals surface area contributed by atoms with Crippen LogP contribution in [0.25, 0.3) is 0 Å². The lowest BCUT2D eigenvalue weighted by atomic mass is 9.99. The van der Waals surface area contributed by atoms with Gasteiger partial charge in [0.15, 0.2) is 5.54 Å². The first-order chi connectivity index (χ1) is 11.3. The summed E-state index contributed by atoms with van der Waals surface area (Å²) >= 11 is 5.91. The number of nitrogens with one attached hydrogen (secondary N) is 3. The Labute approximate surface area is 141 Å². The molecule has 3 rings (SSSR count). The lowest BCUT2D eigenvalue weighted by molar-refractivity contribution is -0.124. The molecule has 1 unspecified atom stereocenters. The van der Waals surface area contributed by atoms with Crippen molar-refractivity contribution in [1.82, 2.24) is 20.9 Å². The van der Waals surface area contributed by atoms with Crippen LogP contribution in [-0.4, -0.2) is 47.4 Å². The van der Waals surface area contributed by atoms with Crippen molar-refractivity contribution in [2.45, 2.75) is 12.1 Å². The van der Waals surface area contributed by atoms with Crippen molar-refractivity contribution in [2.75, 3.05) is 13.1 Å². The van der Waals surface area contributed by atoms with Crippen molar-refractivity contribution in [2.24, 2.45) is 5.73 Å². The number of benzene rings is 1. The van der Waals surface area contributed by atoms with Crippen LogP contribution < -0.4 is 21.7 Å². The molecular weight excluding hydrogens is 338 g/mol. The van der Waals surface area contributed by atoms with Crippen LogP contribution in [0.3, 0.4) is 0 Å². The van der Waals surface area contributed by atoms with Crippen LogP contribution in [0, 0.1) is 0 Å². The van der Waals surface area contributed by atoms with E-state index in [4.69, 9.17) is 17.3 Å². The van der Waals surface area contributed by atoms with E-state index < -0.39 is 23.5 Å². The molecule has 10 heteroatoms. The molecule has 126 valence electrons. The minimum absolute atomic E-state index is 0.115. The van der Waals surface area contributed by atoms with Gasteiger partial charge in [0.25, 0.3) is 11.8 Å². The van der Waals surface area contributed by atoms with Crippen molar-refractivity contribution in [1.29, 1.82) is 0 Å². The van der Waals surface area contributed by atoms with Crippen molar-refractivity contribution in [3.63, 3.8) is 0 Å². The smallest absolute Gasteiger partial charge is 0.322 e. The fourth-order valence-corrected chi connectivity index (χ4v) is 3.02. The number of primary amides is 1. The Hall–Kier alpha value is -2.81.